The number of carbonyl (C=O) groups is 3. The lowest BCUT2D eigenvalue weighted by Crippen LogP contribution is -2.49. The Kier molecular flexibility index (Phi) is 5.22. The summed E-state index contributed by atoms with van der Waals surface area (Å²) < 4.78 is 0.716. The van der Waals surface area contributed by atoms with Gasteiger partial charge < -0.3 is 5.32 Å². The van der Waals surface area contributed by atoms with Gasteiger partial charge in [0.2, 0.25) is 17.7 Å². The van der Waals surface area contributed by atoms with Crippen molar-refractivity contribution >= 4 is 50.9 Å². The van der Waals surface area contributed by atoms with Gasteiger partial charge in [0.25, 0.3) is 0 Å². The number of halogens is 2. The minimum Gasteiger partial charge on any atom is -0.324 e. The average molecular weight is 500 g/mol. The number of imide groups is 1. The number of hydrogen-bond donors (Lipinski definition) is 1. The van der Waals surface area contributed by atoms with Crippen LogP contribution in [0.2, 0.25) is 5.02 Å². The Bertz CT molecular complexity index is 1070. The molecule has 5 atom stereocenters. The first-order chi connectivity index (χ1) is 14.9. The van der Waals surface area contributed by atoms with Crippen LogP contribution in [0.5, 0.6) is 0 Å². The molecule has 2 fully saturated rings. The standard InChI is InChI=1S/C24H20BrClN2O3/c25-17-9-8-16(12-18(17)26)27-22(29)19(10-13-4-2-1-3-5-13)28-23(30)20-14-6-7-15(11-14)21(20)24(28)31/h1-9,12,14-15,19-21H,10-11H2,(H,27,29)/t14-,15-,19-,20+,21+/m0/s1. The van der Waals surface area contributed by atoms with Crippen LogP contribution in [0.25, 0.3) is 0 Å². The maximum atomic E-state index is 13.4. The molecule has 1 saturated heterocycles. The number of carbonyl (C=O) groups excluding carboxylic acids is 3. The van der Waals surface area contributed by atoms with Crippen LogP contribution in [0.4, 0.5) is 5.69 Å². The number of allylic oxidation sites excluding steroid dienone is 2. The summed E-state index contributed by atoms with van der Waals surface area (Å²) in [6, 6.07) is 13.6. The predicted octanol–water partition coefficient (Wildman–Crippen LogP) is 4.46. The van der Waals surface area contributed by atoms with Gasteiger partial charge in [-0.05, 0) is 57.9 Å². The third kappa shape index (κ3) is 3.52. The van der Waals surface area contributed by atoms with E-state index in [4.69, 9.17) is 11.6 Å². The number of likely N-dealkylation sites (tertiary alicyclic amines) is 1. The second-order valence-electron chi connectivity index (χ2n) is 8.37. The minimum absolute atomic E-state index is 0.0992. The molecule has 31 heavy (non-hydrogen) atoms. The van der Waals surface area contributed by atoms with E-state index >= 15 is 0 Å². The SMILES string of the molecule is O=C(Nc1ccc(Br)c(Cl)c1)[C@H](Cc1ccccc1)N1C(=O)[C@H]2[C@H](C1=O)[C@H]1C=C[C@H]2C1. The van der Waals surface area contributed by atoms with E-state index < -0.39 is 11.9 Å². The molecule has 0 aromatic heterocycles. The molecular weight excluding hydrogens is 480 g/mol. The molecule has 0 unspecified atom stereocenters. The Labute approximate surface area is 193 Å². The first-order valence-electron chi connectivity index (χ1n) is 10.3. The van der Waals surface area contributed by atoms with Crippen LogP contribution in [-0.4, -0.2) is 28.7 Å². The highest BCUT2D eigenvalue weighted by molar-refractivity contribution is 9.10. The predicted molar refractivity (Wildman–Crippen MR) is 121 cm³/mol. The van der Waals surface area contributed by atoms with Gasteiger partial charge in [-0.25, -0.2) is 0 Å². The zero-order chi connectivity index (χ0) is 21.7. The number of anilines is 1. The molecule has 2 bridgehead atoms. The lowest BCUT2D eigenvalue weighted by atomic mass is 9.85. The molecule has 5 rings (SSSR count). The molecule has 1 aliphatic heterocycles. The molecule has 1 heterocycles. The van der Waals surface area contributed by atoms with E-state index in [1.54, 1.807) is 18.2 Å². The van der Waals surface area contributed by atoms with Crippen molar-refractivity contribution in [2.45, 2.75) is 18.9 Å². The Morgan fingerprint density at radius 1 is 1.06 bits per heavy atom. The summed E-state index contributed by atoms with van der Waals surface area (Å²) in [4.78, 5) is 41.3. The van der Waals surface area contributed by atoms with Gasteiger partial charge in [0, 0.05) is 16.6 Å². The van der Waals surface area contributed by atoms with E-state index in [9.17, 15) is 14.4 Å². The van der Waals surface area contributed by atoms with Crippen molar-refractivity contribution in [3.05, 3.63) is 75.7 Å². The van der Waals surface area contributed by atoms with Gasteiger partial charge in [-0.2, -0.15) is 0 Å². The summed E-state index contributed by atoms with van der Waals surface area (Å²) in [6.07, 6.45) is 5.22. The molecule has 2 aromatic carbocycles. The van der Waals surface area contributed by atoms with Crippen LogP contribution in [-0.2, 0) is 20.8 Å². The lowest BCUT2D eigenvalue weighted by Gasteiger charge is -2.27. The smallest absolute Gasteiger partial charge is 0.248 e. The molecule has 3 amide bonds. The van der Waals surface area contributed by atoms with Gasteiger partial charge in [0.15, 0.2) is 0 Å². The normalized spacial score (nSPS) is 27.0. The first-order valence-corrected chi connectivity index (χ1v) is 11.5. The van der Waals surface area contributed by atoms with Gasteiger partial charge in [-0.15, -0.1) is 0 Å². The molecule has 0 spiro atoms. The monoisotopic (exact) mass is 498 g/mol. The fourth-order valence-electron chi connectivity index (χ4n) is 5.17. The van der Waals surface area contributed by atoms with E-state index in [1.165, 1.54) is 4.90 Å². The molecule has 1 saturated carbocycles. The van der Waals surface area contributed by atoms with Crippen molar-refractivity contribution in [2.75, 3.05) is 5.32 Å². The van der Waals surface area contributed by atoms with Gasteiger partial charge in [-0.3, -0.25) is 19.3 Å². The number of hydrogen-bond acceptors (Lipinski definition) is 3. The summed E-state index contributed by atoms with van der Waals surface area (Å²) in [5.41, 5.74) is 1.40. The highest BCUT2D eigenvalue weighted by atomic mass is 79.9. The Hall–Kier alpha value is -2.44. The van der Waals surface area contributed by atoms with Gasteiger partial charge in [0.05, 0.1) is 16.9 Å². The number of nitrogens with one attached hydrogen (secondary N) is 1. The first kappa shape index (κ1) is 20.5. The summed E-state index contributed by atoms with van der Waals surface area (Å²) >= 11 is 9.49. The van der Waals surface area contributed by atoms with Gasteiger partial charge >= 0.3 is 0 Å². The number of amides is 3. The zero-order valence-corrected chi connectivity index (χ0v) is 18.8. The highest BCUT2D eigenvalue weighted by Gasteiger charge is 2.61. The van der Waals surface area contributed by atoms with Crippen LogP contribution in [0, 0.1) is 23.7 Å². The molecule has 0 radical (unpaired) electrons. The van der Waals surface area contributed by atoms with Crippen molar-refractivity contribution in [2.24, 2.45) is 23.7 Å². The average Bonchev–Trinajstić information content (AvgIpc) is 3.44. The van der Waals surface area contributed by atoms with Crippen molar-refractivity contribution in [3.63, 3.8) is 0 Å². The molecule has 158 valence electrons. The fourth-order valence-corrected chi connectivity index (χ4v) is 5.60. The Balaban J connectivity index is 1.46. The van der Waals surface area contributed by atoms with Gasteiger partial charge in [-0.1, -0.05) is 54.1 Å². The maximum Gasteiger partial charge on any atom is 0.248 e. The summed E-state index contributed by atoms with van der Waals surface area (Å²) in [6.45, 7) is 0. The molecule has 1 N–H and O–H groups in total. The van der Waals surface area contributed by atoms with Crippen molar-refractivity contribution in [1.82, 2.24) is 4.90 Å². The third-order valence-corrected chi connectivity index (χ3v) is 7.81. The van der Waals surface area contributed by atoms with E-state index in [1.807, 2.05) is 30.3 Å². The summed E-state index contributed by atoms with van der Waals surface area (Å²) in [7, 11) is 0. The highest BCUT2D eigenvalue weighted by Crippen LogP contribution is 2.53. The quantitative estimate of drug-likeness (QED) is 0.488. The molecule has 3 aliphatic rings. The molecule has 2 aromatic rings. The molecule has 7 heteroatoms. The second kappa shape index (κ2) is 7.92. The van der Waals surface area contributed by atoms with E-state index in [-0.39, 0.29) is 41.9 Å². The van der Waals surface area contributed by atoms with E-state index in [2.05, 4.69) is 33.4 Å². The topological polar surface area (TPSA) is 66.5 Å². The lowest BCUT2D eigenvalue weighted by molar-refractivity contribution is -0.147. The van der Waals surface area contributed by atoms with Gasteiger partial charge in [0.1, 0.15) is 6.04 Å². The largest absolute Gasteiger partial charge is 0.324 e. The maximum absolute atomic E-state index is 13.4. The summed E-state index contributed by atoms with van der Waals surface area (Å²) in [5.74, 6) is -1.33. The summed E-state index contributed by atoms with van der Waals surface area (Å²) in [5, 5.41) is 3.31. The number of nitrogens with zero attached hydrogens (tertiary/aromatic N) is 1. The van der Waals surface area contributed by atoms with Crippen molar-refractivity contribution < 1.29 is 14.4 Å². The van der Waals surface area contributed by atoms with Crippen LogP contribution >= 0.6 is 27.5 Å². The van der Waals surface area contributed by atoms with E-state index in [0.29, 0.717) is 15.2 Å². The third-order valence-electron chi connectivity index (χ3n) is 6.58. The van der Waals surface area contributed by atoms with Crippen LogP contribution in [0.15, 0.2) is 65.2 Å². The number of fused-ring (bicyclic) bond motifs is 5. The van der Waals surface area contributed by atoms with Crippen LogP contribution in [0.3, 0.4) is 0 Å². The molecule has 5 nitrogen and oxygen atoms in total. The van der Waals surface area contributed by atoms with E-state index in [0.717, 1.165) is 12.0 Å². The number of rotatable bonds is 5. The van der Waals surface area contributed by atoms with Crippen LogP contribution in [0.1, 0.15) is 12.0 Å². The zero-order valence-electron chi connectivity index (χ0n) is 16.5. The van der Waals surface area contributed by atoms with Crippen LogP contribution < -0.4 is 5.32 Å². The molecular formula is C24H20BrClN2O3. The second-order valence-corrected chi connectivity index (χ2v) is 9.63. The Morgan fingerprint density at radius 3 is 2.32 bits per heavy atom. The minimum atomic E-state index is -0.921. The number of benzene rings is 2. The Morgan fingerprint density at radius 2 is 1.71 bits per heavy atom. The van der Waals surface area contributed by atoms with Crippen molar-refractivity contribution in [3.8, 4) is 0 Å². The fraction of sp³-hybridized carbons (Fsp3) is 0.292. The van der Waals surface area contributed by atoms with Crippen molar-refractivity contribution in [1.29, 1.82) is 0 Å². The molecule has 2 aliphatic carbocycles.